The number of hydrogen-bond acceptors (Lipinski definition) is 6. The third kappa shape index (κ3) is 6.38. The molecule has 0 bridgehead atoms. The van der Waals surface area contributed by atoms with Crippen LogP contribution in [-0.4, -0.2) is 69.2 Å². The van der Waals surface area contributed by atoms with Crippen LogP contribution < -0.4 is 5.32 Å². The van der Waals surface area contributed by atoms with Crippen molar-refractivity contribution in [1.29, 1.82) is 0 Å². The maximum Gasteiger partial charge on any atom is 0.193 e. The zero-order valence-corrected chi connectivity index (χ0v) is 20.3. The molecule has 0 amide bonds. The van der Waals surface area contributed by atoms with Crippen molar-refractivity contribution in [2.75, 3.05) is 33.7 Å². The Bertz CT molecular complexity index is 750. The minimum atomic E-state index is 0. The third-order valence-electron chi connectivity index (χ3n) is 5.07. The molecule has 3 heterocycles. The lowest BCUT2D eigenvalue weighted by Gasteiger charge is -2.32. The van der Waals surface area contributed by atoms with Crippen LogP contribution in [0.1, 0.15) is 29.4 Å². The second kappa shape index (κ2) is 11.1. The number of nitrogens with zero attached hydrogens (tertiary/aromatic N) is 7. The van der Waals surface area contributed by atoms with Crippen LogP contribution in [0.4, 0.5) is 0 Å². The molecule has 3 rings (SSSR count). The molecule has 156 valence electrons. The molecule has 1 N–H and O–H groups in total. The predicted octanol–water partition coefficient (Wildman–Crippen LogP) is 2.12. The summed E-state index contributed by atoms with van der Waals surface area (Å²) in [5, 5.41) is 11.0. The van der Waals surface area contributed by atoms with Gasteiger partial charge in [-0.2, -0.15) is 5.10 Å². The number of thiazole rings is 1. The van der Waals surface area contributed by atoms with E-state index in [1.54, 1.807) is 22.3 Å². The van der Waals surface area contributed by atoms with Gasteiger partial charge in [0.2, 0.25) is 0 Å². The molecule has 0 saturated carbocycles. The summed E-state index contributed by atoms with van der Waals surface area (Å²) in [5.74, 6) is 2.50. The fourth-order valence-corrected chi connectivity index (χ4v) is 4.03. The summed E-state index contributed by atoms with van der Waals surface area (Å²) in [6.45, 7) is 6.96. The maximum atomic E-state index is 4.58. The van der Waals surface area contributed by atoms with Crippen LogP contribution in [0.3, 0.4) is 0 Å². The van der Waals surface area contributed by atoms with Crippen molar-refractivity contribution < 1.29 is 0 Å². The van der Waals surface area contributed by atoms with Gasteiger partial charge in [-0.05, 0) is 38.8 Å². The number of aryl methyl sites for hydroxylation is 2. The molecule has 0 spiro atoms. The summed E-state index contributed by atoms with van der Waals surface area (Å²) in [7, 11) is 5.77. The van der Waals surface area contributed by atoms with Crippen molar-refractivity contribution in [3.8, 4) is 0 Å². The number of nitrogens with one attached hydrogen (secondary N) is 1. The number of rotatable bonds is 6. The lowest BCUT2D eigenvalue weighted by molar-refractivity contribution is 0.176. The van der Waals surface area contributed by atoms with Gasteiger partial charge in [0.25, 0.3) is 0 Å². The van der Waals surface area contributed by atoms with Crippen LogP contribution in [0.2, 0.25) is 0 Å². The first-order valence-electron chi connectivity index (χ1n) is 9.43. The first kappa shape index (κ1) is 23.0. The summed E-state index contributed by atoms with van der Waals surface area (Å²) in [4.78, 5) is 17.9. The molecule has 0 atom stereocenters. The van der Waals surface area contributed by atoms with Gasteiger partial charge in [-0.15, -0.1) is 35.3 Å². The number of likely N-dealkylation sites (tertiary alicyclic amines) is 1. The average molecular weight is 518 g/mol. The second-order valence-corrected chi connectivity index (χ2v) is 8.22. The number of halogens is 1. The normalized spacial score (nSPS) is 16.1. The van der Waals surface area contributed by atoms with E-state index in [-0.39, 0.29) is 24.0 Å². The molecule has 2 aromatic heterocycles. The summed E-state index contributed by atoms with van der Waals surface area (Å²) in [6, 6.07) is 0. The lowest BCUT2D eigenvalue weighted by atomic mass is 9.97. The van der Waals surface area contributed by atoms with Gasteiger partial charge in [0.15, 0.2) is 5.96 Å². The summed E-state index contributed by atoms with van der Waals surface area (Å²) in [6.07, 6.45) is 4.00. The van der Waals surface area contributed by atoms with E-state index in [1.807, 2.05) is 21.1 Å². The Morgan fingerprint density at radius 2 is 2.14 bits per heavy atom. The summed E-state index contributed by atoms with van der Waals surface area (Å²) >= 11 is 1.74. The smallest absolute Gasteiger partial charge is 0.193 e. The zero-order chi connectivity index (χ0) is 19.2. The van der Waals surface area contributed by atoms with E-state index in [1.165, 1.54) is 18.5 Å². The van der Waals surface area contributed by atoms with E-state index < -0.39 is 0 Å². The van der Waals surface area contributed by atoms with Crippen molar-refractivity contribution >= 4 is 41.3 Å². The van der Waals surface area contributed by atoms with E-state index in [0.29, 0.717) is 12.5 Å². The van der Waals surface area contributed by atoms with Gasteiger partial charge < -0.3 is 10.2 Å². The van der Waals surface area contributed by atoms with Gasteiger partial charge in [-0.25, -0.2) is 9.97 Å². The van der Waals surface area contributed by atoms with E-state index in [0.717, 1.165) is 43.0 Å². The Hall–Kier alpha value is -1.27. The highest BCUT2D eigenvalue weighted by Crippen LogP contribution is 2.19. The zero-order valence-electron chi connectivity index (χ0n) is 17.1. The molecule has 1 aliphatic rings. The number of hydrogen-bond donors (Lipinski definition) is 1. The molecule has 10 heteroatoms. The van der Waals surface area contributed by atoms with E-state index >= 15 is 0 Å². The average Bonchev–Trinajstić information content (AvgIpc) is 3.25. The number of guanidine groups is 1. The Balaban J connectivity index is 0.00000280. The fraction of sp³-hybridized carbons (Fsp3) is 0.667. The third-order valence-corrected chi connectivity index (χ3v) is 5.89. The Kier molecular flexibility index (Phi) is 9.09. The van der Waals surface area contributed by atoms with Gasteiger partial charge in [0, 0.05) is 39.6 Å². The number of aromatic nitrogens is 4. The number of aliphatic imine (C=N–C) groups is 1. The predicted molar refractivity (Wildman–Crippen MR) is 124 cm³/mol. The molecule has 0 radical (unpaired) electrons. The highest BCUT2D eigenvalue weighted by Gasteiger charge is 2.20. The molecule has 1 fully saturated rings. The minimum absolute atomic E-state index is 0. The monoisotopic (exact) mass is 518 g/mol. The topological polar surface area (TPSA) is 74.5 Å². The Morgan fingerprint density at radius 3 is 2.71 bits per heavy atom. The summed E-state index contributed by atoms with van der Waals surface area (Å²) in [5.41, 5.74) is 1.21. The second-order valence-electron chi connectivity index (χ2n) is 7.16. The van der Waals surface area contributed by atoms with Gasteiger partial charge in [-0.1, -0.05) is 0 Å². The minimum Gasteiger partial charge on any atom is -0.356 e. The van der Waals surface area contributed by atoms with Crippen LogP contribution in [0.5, 0.6) is 0 Å². The molecule has 0 aromatic carbocycles. The van der Waals surface area contributed by atoms with Gasteiger partial charge >= 0.3 is 0 Å². The summed E-state index contributed by atoms with van der Waals surface area (Å²) < 4.78 is 1.79. The SMILES string of the molecule is CN=C(NCC1CCN(Cc2csc(C)n2)CC1)N(C)Cc1ncnn1C.I. The van der Waals surface area contributed by atoms with Gasteiger partial charge in [0.05, 0.1) is 17.2 Å². The highest BCUT2D eigenvalue weighted by molar-refractivity contribution is 14.0. The van der Waals surface area contributed by atoms with Crippen molar-refractivity contribution in [3.63, 3.8) is 0 Å². The first-order chi connectivity index (χ1) is 13.0. The highest BCUT2D eigenvalue weighted by atomic mass is 127. The standard InChI is InChI=1S/C18H30N8S.HI/c1-14-23-16(12-27-14)10-26-7-5-15(6-8-26)9-20-18(19-2)24(3)11-17-21-13-22-25(17)4;/h12-13,15H,5-11H2,1-4H3,(H,19,20);1H. The van der Waals surface area contributed by atoms with Crippen molar-refractivity contribution in [3.05, 3.63) is 28.2 Å². The van der Waals surface area contributed by atoms with Crippen molar-refractivity contribution in [2.24, 2.45) is 18.0 Å². The van der Waals surface area contributed by atoms with Crippen LogP contribution in [-0.2, 0) is 20.1 Å². The molecule has 2 aromatic rings. The molecule has 0 aliphatic carbocycles. The van der Waals surface area contributed by atoms with Gasteiger partial charge in [0.1, 0.15) is 12.2 Å². The molecule has 8 nitrogen and oxygen atoms in total. The lowest BCUT2D eigenvalue weighted by Crippen LogP contribution is -2.43. The quantitative estimate of drug-likeness (QED) is 0.359. The van der Waals surface area contributed by atoms with Crippen LogP contribution in [0.25, 0.3) is 0 Å². The van der Waals surface area contributed by atoms with Crippen molar-refractivity contribution in [2.45, 2.75) is 32.9 Å². The number of piperidine rings is 1. The van der Waals surface area contributed by atoms with Crippen LogP contribution >= 0.6 is 35.3 Å². The molecule has 28 heavy (non-hydrogen) atoms. The molecule has 1 saturated heterocycles. The molecular weight excluding hydrogens is 487 g/mol. The maximum absolute atomic E-state index is 4.58. The van der Waals surface area contributed by atoms with Crippen molar-refractivity contribution in [1.82, 2.24) is 34.9 Å². The Labute approximate surface area is 188 Å². The first-order valence-corrected chi connectivity index (χ1v) is 10.3. The van der Waals surface area contributed by atoms with E-state index in [4.69, 9.17) is 0 Å². The van der Waals surface area contributed by atoms with E-state index in [2.05, 4.69) is 47.5 Å². The molecule has 1 aliphatic heterocycles. The largest absolute Gasteiger partial charge is 0.356 e. The van der Waals surface area contributed by atoms with Crippen LogP contribution in [0.15, 0.2) is 16.7 Å². The van der Waals surface area contributed by atoms with E-state index in [9.17, 15) is 0 Å². The fourth-order valence-electron chi connectivity index (χ4n) is 3.43. The molecular formula is C18H31IN8S. The molecule has 0 unspecified atom stereocenters. The van der Waals surface area contributed by atoms with Crippen LogP contribution in [0, 0.1) is 12.8 Å². The Morgan fingerprint density at radius 1 is 1.39 bits per heavy atom. The van der Waals surface area contributed by atoms with Gasteiger partial charge in [-0.3, -0.25) is 14.6 Å².